The lowest BCUT2D eigenvalue weighted by atomic mass is 9.97. The van der Waals surface area contributed by atoms with Crippen LogP contribution in [-0.4, -0.2) is 60.9 Å². The summed E-state index contributed by atoms with van der Waals surface area (Å²) in [6, 6.07) is 15.4. The van der Waals surface area contributed by atoms with Gasteiger partial charge in [-0.1, -0.05) is 36.4 Å². The molecular weight excluding hydrogens is 623 g/mol. The Morgan fingerprint density at radius 3 is 2.30 bits per heavy atom. The molecule has 4 aromatic rings. The Bertz CT molecular complexity index is 1710. The second-order valence-electron chi connectivity index (χ2n) is 10.2. The van der Waals surface area contributed by atoms with E-state index in [0.29, 0.717) is 21.7 Å². The molecule has 1 unspecified atom stereocenters. The number of benzene rings is 3. The Balaban J connectivity index is 1.53. The Morgan fingerprint density at radius 1 is 0.957 bits per heavy atom. The van der Waals surface area contributed by atoms with Gasteiger partial charge in [-0.2, -0.15) is 13.2 Å². The van der Waals surface area contributed by atoms with Gasteiger partial charge < -0.3 is 19.7 Å². The fourth-order valence-electron chi connectivity index (χ4n) is 4.47. The maximum Gasteiger partial charge on any atom is 0.416 e. The maximum atomic E-state index is 13.5. The van der Waals surface area contributed by atoms with Crippen molar-refractivity contribution in [1.82, 2.24) is 9.88 Å². The zero-order chi connectivity index (χ0) is 33.4. The minimum absolute atomic E-state index is 0.0999. The van der Waals surface area contributed by atoms with Crippen LogP contribution in [-0.2, 0) is 31.7 Å². The number of carbonyl (C=O) groups excluding carboxylic acids is 4. The minimum atomic E-state index is -4.50. The molecule has 240 valence electrons. The van der Waals surface area contributed by atoms with Gasteiger partial charge in [0.1, 0.15) is 17.5 Å². The summed E-state index contributed by atoms with van der Waals surface area (Å²) in [5.41, 5.74) is 0.837. The molecule has 0 fully saturated rings. The van der Waals surface area contributed by atoms with E-state index < -0.39 is 41.4 Å². The Hall–Kier alpha value is -5.04. The lowest BCUT2D eigenvalue weighted by molar-refractivity contribution is -0.150. The number of ether oxygens (including phenoxy) is 2. The second-order valence-corrected chi connectivity index (χ2v) is 11.1. The van der Waals surface area contributed by atoms with Gasteiger partial charge in [-0.3, -0.25) is 19.2 Å². The van der Waals surface area contributed by atoms with Crippen LogP contribution in [0.2, 0.25) is 0 Å². The third-order valence-corrected chi connectivity index (χ3v) is 7.63. The van der Waals surface area contributed by atoms with Gasteiger partial charge >= 0.3 is 18.1 Å². The first kappa shape index (κ1) is 33.8. The molecule has 46 heavy (non-hydrogen) atoms. The molecule has 4 rings (SSSR count). The minimum Gasteiger partial charge on any atom is -0.465 e. The van der Waals surface area contributed by atoms with E-state index in [2.05, 4.69) is 10.3 Å². The molecule has 13 heteroatoms. The molecule has 0 aliphatic rings. The first-order valence-electron chi connectivity index (χ1n) is 14.0. The number of aromatic nitrogens is 1. The Kier molecular flexibility index (Phi) is 10.9. The number of thiazole rings is 1. The summed E-state index contributed by atoms with van der Waals surface area (Å²) in [6.45, 7) is 1.54. The molecule has 1 N–H and O–H groups in total. The first-order valence-corrected chi connectivity index (χ1v) is 14.9. The number of amides is 2. The van der Waals surface area contributed by atoms with E-state index in [9.17, 15) is 32.3 Å². The summed E-state index contributed by atoms with van der Waals surface area (Å²) in [4.78, 5) is 57.2. The third kappa shape index (κ3) is 8.36. The summed E-state index contributed by atoms with van der Waals surface area (Å²) in [7, 11) is 3.06. The van der Waals surface area contributed by atoms with Crippen LogP contribution in [0, 0.1) is 0 Å². The van der Waals surface area contributed by atoms with E-state index in [1.165, 1.54) is 66.9 Å². The van der Waals surface area contributed by atoms with Crippen LogP contribution in [0.4, 0.5) is 18.9 Å². The van der Waals surface area contributed by atoms with Crippen molar-refractivity contribution in [2.45, 2.75) is 25.4 Å². The number of anilines is 1. The average Bonchev–Trinajstić information content (AvgIpc) is 3.56. The first-order chi connectivity index (χ1) is 21.9. The number of rotatable bonds is 11. The highest BCUT2D eigenvalue weighted by Crippen LogP contribution is 2.32. The number of nitrogens with one attached hydrogen (secondary N) is 1. The molecule has 0 saturated carbocycles. The zero-order valence-electron chi connectivity index (χ0n) is 25.1. The molecule has 2 amide bonds. The van der Waals surface area contributed by atoms with Gasteiger partial charge in [-0.05, 0) is 53.9 Å². The summed E-state index contributed by atoms with van der Waals surface area (Å²) in [5, 5.41) is 4.87. The van der Waals surface area contributed by atoms with Crippen LogP contribution in [0.3, 0.4) is 0 Å². The molecule has 0 aliphatic carbocycles. The Labute approximate surface area is 267 Å². The maximum absolute atomic E-state index is 13.5. The molecule has 1 aromatic heterocycles. The molecule has 9 nitrogen and oxygen atoms in total. The summed E-state index contributed by atoms with van der Waals surface area (Å²) >= 11 is 1.23. The lowest BCUT2D eigenvalue weighted by Crippen LogP contribution is -2.25. The molecule has 1 heterocycles. The highest BCUT2D eigenvalue weighted by Gasteiger charge is 2.30. The van der Waals surface area contributed by atoms with Crippen LogP contribution < -0.4 is 5.32 Å². The molecule has 1 atom stereocenters. The fourth-order valence-corrected chi connectivity index (χ4v) is 5.18. The predicted molar refractivity (Wildman–Crippen MR) is 165 cm³/mol. The van der Waals surface area contributed by atoms with E-state index >= 15 is 0 Å². The summed E-state index contributed by atoms with van der Waals surface area (Å²) < 4.78 is 49.7. The number of carbonyl (C=O) groups is 4. The largest absolute Gasteiger partial charge is 0.465 e. The topological polar surface area (TPSA) is 115 Å². The van der Waals surface area contributed by atoms with Crippen molar-refractivity contribution in [2.24, 2.45) is 0 Å². The molecule has 0 aliphatic heterocycles. The molecule has 0 bridgehead atoms. The normalized spacial score (nSPS) is 11.8. The third-order valence-electron chi connectivity index (χ3n) is 6.74. The quantitative estimate of drug-likeness (QED) is 0.191. The number of hydrogen-bond donors (Lipinski definition) is 1. The van der Waals surface area contributed by atoms with Crippen molar-refractivity contribution in [1.29, 1.82) is 0 Å². The van der Waals surface area contributed by atoms with E-state index in [1.807, 2.05) is 0 Å². The summed E-state index contributed by atoms with van der Waals surface area (Å²) in [6.07, 6.45) is -3.20. The van der Waals surface area contributed by atoms with Gasteiger partial charge in [0.25, 0.3) is 11.8 Å². The fraction of sp³-hybridized carbons (Fsp3) is 0.242. The molecule has 3 aromatic carbocycles. The van der Waals surface area contributed by atoms with Crippen LogP contribution in [0.5, 0.6) is 0 Å². The molecule has 0 radical (unpaired) electrons. The highest BCUT2D eigenvalue weighted by molar-refractivity contribution is 7.09. The van der Waals surface area contributed by atoms with Crippen LogP contribution in [0.25, 0.3) is 11.1 Å². The van der Waals surface area contributed by atoms with Crippen molar-refractivity contribution >= 4 is 40.8 Å². The number of esters is 2. The predicted octanol–water partition coefficient (Wildman–Crippen LogP) is 6.22. The van der Waals surface area contributed by atoms with Gasteiger partial charge in [0.15, 0.2) is 0 Å². The van der Waals surface area contributed by atoms with Crippen LogP contribution in [0.15, 0.2) is 78.3 Å². The molecular formula is C33H30F3N3O6S. The number of nitrogens with zero attached hydrogens (tertiary/aromatic N) is 2. The number of alkyl halides is 3. The smallest absolute Gasteiger partial charge is 0.416 e. The van der Waals surface area contributed by atoms with Crippen molar-refractivity contribution in [2.75, 3.05) is 32.6 Å². The van der Waals surface area contributed by atoms with E-state index in [-0.39, 0.29) is 36.4 Å². The molecule has 0 spiro atoms. The second kappa shape index (κ2) is 14.8. The van der Waals surface area contributed by atoms with E-state index in [4.69, 9.17) is 9.47 Å². The highest BCUT2D eigenvalue weighted by atomic mass is 32.1. The average molecular weight is 654 g/mol. The van der Waals surface area contributed by atoms with Gasteiger partial charge in [0.05, 0.1) is 29.8 Å². The van der Waals surface area contributed by atoms with E-state index in [0.717, 1.165) is 12.1 Å². The van der Waals surface area contributed by atoms with Crippen LogP contribution in [0.1, 0.15) is 49.7 Å². The SMILES string of the molecule is CCOC(=O)C(COC(=O)Cc1ccc(NC(=O)c2ccccc2-c2ccc(C(F)(F)F)cc2)c(C(=O)N(C)C)c1)c1nccs1. The van der Waals surface area contributed by atoms with Gasteiger partial charge in [-0.15, -0.1) is 11.3 Å². The monoisotopic (exact) mass is 653 g/mol. The van der Waals surface area contributed by atoms with E-state index in [1.54, 1.807) is 36.6 Å². The van der Waals surface area contributed by atoms with Crippen molar-refractivity contribution in [3.05, 3.63) is 106 Å². The van der Waals surface area contributed by atoms with Gasteiger partial charge in [0, 0.05) is 31.2 Å². The van der Waals surface area contributed by atoms with Crippen molar-refractivity contribution in [3.63, 3.8) is 0 Å². The number of hydrogen-bond acceptors (Lipinski definition) is 8. The lowest BCUT2D eigenvalue weighted by Gasteiger charge is -2.17. The van der Waals surface area contributed by atoms with Gasteiger partial charge in [0.2, 0.25) is 0 Å². The Morgan fingerprint density at radius 2 is 1.67 bits per heavy atom. The van der Waals surface area contributed by atoms with Crippen LogP contribution >= 0.6 is 11.3 Å². The van der Waals surface area contributed by atoms with Crippen molar-refractivity contribution in [3.8, 4) is 11.1 Å². The summed E-state index contributed by atoms with van der Waals surface area (Å²) in [5.74, 6) is -3.14. The standard InChI is InChI=1S/C33H30F3N3O6S/c1-4-44-32(43)26(30-37-15-16-46-30)19-45-28(40)18-20-9-14-27(25(17-20)31(42)39(2)3)38-29(41)24-8-6-5-7-23(24)21-10-12-22(13-11-21)33(34,35)36/h5-17,26H,4,18-19H2,1-3H3,(H,38,41). The van der Waals surface area contributed by atoms with Gasteiger partial charge in [-0.25, -0.2) is 4.98 Å². The van der Waals surface area contributed by atoms with Crippen molar-refractivity contribution < 1.29 is 41.8 Å². The number of halogens is 3. The molecule has 0 saturated heterocycles. The zero-order valence-corrected chi connectivity index (χ0v) is 25.9.